The van der Waals surface area contributed by atoms with Gasteiger partial charge in [0, 0.05) is 11.8 Å². The first-order valence-corrected chi connectivity index (χ1v) is 9.22. The van der Waals surface area contributed by atoms with Crippen LogP contribution < -0.4 is 11.1 Å². The van der Waals surface area contributed by atoms with Crippen LogP contribution in [0.3, 0.4) is 0 Å². The number of carbonyl (C=O) groups excluding carboxylic acids is 1. The maximum absolute atomic E-state index is 11.8. The molecule has 1 fully saturated rings. The van der Waals surface area contributed by atoms with Crippen LogP contribution in [0.4, 0.5) is 0 Å². The van der Waals surface area contributed by atoms with E-state index in [9.17, 15) is 14.3 Å². The van der Waals surface area contributed by atoms with Crippen LogP contribution in [0, 0.1) is 0 Å². The van der Waals surface area contributed by atoms with Crippen LogP contribution in [0.25, 0.3) is 0 Å². The Hall–Kier alpha value is -0.0700. The summed E-state index contributed by atoms with van der Waals surface area (Å²) in [5.74, 6) is 0.117. The van der Waals surface area contributed by atoms with Gasteiger partial charge < -0.3 is 20.5 Å². The summed E-state index contributed by atoms with van der Waals surface area (Å²) in [5.41, 5.74) is 5.20. The molecule has 6 nitrogen and oxygen atoms in total. The van der Waals surface area contributed by atoms with E-state index in [1.165, 1.54) is 0 Å². The topological polar surface area (TPSA) is 102 Å². The second-order valence-corrected chi connectivity index (χ2v) is 8.27. The van der Waals surface area contributed by atoms with E-state index in [1.54, 1.807) is 13.8 Å². The molecule has 20 heavy (non-hydrogen) atoms. The van der Waals surface area contributed by atoms with Crippen molar-refractivity contribution in [2.24, 2.45) is 5.73 Å². The number of thiol groups is 1. The van der Waals surface area contributed by atoms with Crippen LogP contribution >= 0.6 is 20.2 Å². The Morgan fingerprint density at radius 2 is 2.00 bits per heavy atom. The highest BCUT2D eigenvalue weighted by Crippen LogP contribution is 2.49. The van der Waals surface area contributed by atoms with Gasteiger partial charge in [-0.1, -0.05) is 13.8 Å². The Kier molecular flexibility index (Phi) is 7.01. The van der Waals surface area contributed by atoms with Crippen LogP contribution in [0.15, 0.2) is 0 Å². The average Bonchev–Trinajstić information content (AvgIpc) is 2.39. The lowest BCUT2D eigenvalue weighted by atomic mass is 9.93. The molecule has 1 unspecified atom stereocenters. The van der Waals surface area contributed by atoms with Gasteiger partial charge in [-0.15, -0.1) is 0 Å². The smallest absolute Gasteiger partial charge is 0.330 e. The van der Waals surface area contributed by atoms with E-state index in [-0.39, 0.29) is 18.1 Å². The molecular formula is C12H25N2O4PS. The minimum atomic E-state index is -3.52. The van der Waals surface area contributed by atoms with Crippen LogP contribution in [0.5, 0.6) is 0 Å². The first-order valence-electron chi connectivity index (χ1n) is 6.94. The second kappa shape index (κ2) is 7.80. The third-order valence-corrected chi connectivity index (χ3v) is 5.81. The molecule has 1 rings (SSSR count). The Balaban J connectivity index is 2.37. The fourth-order valence-electron chi connectivity index (χ4n) is 2.04. The molecule has 0 aromatic rings. The van der Waals surface area contributed by atoms with Crippen LogP contribution in [0.2, 0.25) is 0 Å². The summed E-state index contributed by atoms with van der Waals surface area (Å²) < 4.78 is 17.1. The third kappa shape index (κ3) is 5.37. The molecule has 0 spiro atoms. The summed E-state index contributed by atoms with van der Waals surface area (Å²) in [5, 5.41) is 2.88. The van der Waals surface area contributed by atoms with Gasteiger partial charge in [-0.05, 0) is 25.7 Å². The molecule has 1 aliphatic carbocycles. The first-order chi connectivity index (χ1) is 9.26. The van der Waals surface area contributed by atoms with Crippen LogP contribution in [-0.2, 0) is 13.9 Å². The van der Waals surface area contributed by atoms with Gasteiger partial charge in [0.2, 0.25) is 5.91 Å². The van der Waals surface area contributed by atoms with E-state index in [0.717, 1.165) is 12.8 Å². The molecule has 1 amide bonds. The van der Waals surface area contributed by atoms with Crippen molar-refractivity contribution in [3.63, 3.8) is 0 Å². The number of hydrogen-bond donors (Lipinski definition) is 4. The number of carbonyl (C=O) groups is 1. The van der Waals surface area contributed by atoms with Crippen molar-refractivity contribution in [2.45, 2.75) is 63.4 Å². The highest BCUT2D eigenvalue weighted by Gasteiger charge is 2.32. The second-order valence-electron chi connectivity index (χ2n) is 5.53. The normalized spacial score (nSPS) is 27.9. The zero-order valence-corrected chi connectivity index (χ0v) is 13.8. The summed E-state index contributed by atoms with van der Waals surface area (Å²) in [6.45, 7) is 3.34. The minimum Gasteiger partial charge on any atom is -0.352 e. The fraction of sp³-hybridized carbons (Fsp3) is 0.917. The Bertz CT molecular complexity index is 372. The molecule has 0 radical (unpaired) electrons. The van der Waals surface area contributed by atoms with Gasteiger partial charge in [0.1, 0.15) is 0 Å². The monoisotopic (exact) mass is 324 g/mol. The van der Waals surface area contributed by atoms with Crippen molar-refractivity contribution in [1.29, 1.82) is 0 Å². The van der Waals surface area contributed by atoms with Crippen LogP contribution in [-0.4, -0.2) is 40.4 Å². The maximum atomic E-state index is 11.8. The van der Waals surface area contributed by atoms with Gasteiger partial charge >= 0.3 is 7.60 Å². The summed E-state index contributed by atoms with van der Waals surface area (Å²) >= 11 is 3.99. The lowest BCUT2D eigenvalue weighted by molar-refractivity contribution is -0.122. The molecule has 0 aliphatic heterocycles. The summed E-state index contributed by atoms with van der Waals surface area (Å²) in [4.78, 5) is 21.3. The molecule has 0 aromatic heterocycles. The van der Waals surface area contributed by atoms with Crippen molar-refractivity contribution in [3.8, 4) is 0 Å². The number of nitrogens with one attached hydrogen (secondary N) is 1. The van der Waals surface area contributed by atoms with E-state index >= 15 is 0 Å². The SMILES string of the molecule is CC(C)P(=O)(O)OC1CCC(NC(=O)[C@H](N)CS)CC1. The van der Waals surface area contributed by atoms with Crippen molar-refractivity contribution < 1.29 is 18.8 Å². The summed E-state index contributed by atoms with van der Waals surface area (Å²) in [7, 11) is -3.52. The van der Waals surface area contributed by atoms with Gasteiger partial charge in [-0.3, -0.25) is 9.36 Å². The lowest BCUT2D eigenvalue weighted by Crippen LogP contribution is -2.47. The first kappa shape index (κ1) is 18.0. The molecule has 0 heterocycles. The Labute approximate surface area is 125 Å². The van der Waals surface area contributed by atoms with Crippen molar-refractivity contribution in [2.75, 3.05) is 5.75 Å². The predicted octanol–water partition coefficient (Wildman–Crippen LogP) is 1.28. The van der Waals surface area contributed by atoms with E-state index < -0.39 is 19.3 Å². The standard InChI is InChI=1S/C12H25N2O4PS/c1-8(2)19(16,17)18-10-5-3-9(4-6-10)14-12(15)11(13)7-20/h8-11,20H,3-7,13H2,1-2H3,(H,14,15)(H,16,17)/t9?,10?,11-/m1/s1. The highest BCUT2D eigenvalue weighted by atomic mass is 32.1. The zero-order valence-electron chi connectivity index (χ0n) is 12.0. The molecule has 0 aromatic carbocycles. The lowest BCUT2D eigenvalue weighted by Gasteiger charge is -2.31. The Morgan fingerprint density at radius 1 is 1.45 bits per heavy atom. The Morgan fingerprint density at radius 3 is 2.45 bits per heavy atom. The van der Waals surface area contributed by atoms with E-state index in [2.05, 4.69) is 17.9 Å². The molecule has 1 aliphatic rings. The molecule has 0 saturated heterocycles. The molecule has 0 bridgehead atoms. The van der Waals surface area contributed by atoms with Crippen molar-refractivity contribution >= 4 is 26.1 Å². The predicted molar refractivity (Wildman–Crippen MR) is 82.1 cm³/mol. The van der Waals surface area contributed by atoms with Gasteiger partial charge in [0.15, 0.2) is 0 Å². The van der Waals surface area contributed by atoms with Gasteiger partial charge in [0.05, 0.1) is 17.8 Å². The molecule has 1 saturated carbocycles. The van der Waals surface area contributed by atoms with Gasteiger partial charge in [-0.25, -0.2) is 0 Å². The number of rotatable bonds is 6. The van der Waals surface area contributed by atoms with Crippen molar-refractivity contribution in [3.05, 3.63) is 0 Å². The molecule has 2 atom stereocenters. The summed E-state index contributed by atoms with van der Waals surface area (Å²) in [6.07, 6.45) is 2.58. The number of amides is 1. The quantitative estimate of drug-likeness (QED) is 0.435. The third-order valence-electron chi connectivity index (χ3n) is 3.51. The zero-order chi connectivity index (χ0) is 15.3. The molecule has 4 N–H and O–H groups in total. The maximum Gasteiger partial charge on any atom is 0.330 e. The van der Waals surface area contributed by atoms with Gasteiger partial charge in [0.25, 0.3) is 0 Å². The fourth-order valence-corrected chi connectivity index (χ4v) is 3.09. The summed E-state index contributed by atoms with van der Waals surface area (Å²) in [6, 6.07) is -0.531. The van der Waals surface area contributed by atoms with Crippen molar-refractivity contribution in [1.82, 2.24) is 5.32 Å². The molecular weight excluding hydrogens is 299 g/mol. The van der Waals surface area contributed by atoms with Gasteiger partial charge in [-0.2, -0.15) is 12.6 Å². The molecule has 118 valence electrons. The minimum absolute atomic E-state index is 0.0606. The van der Waals surface area contributed by atoms with Crippen LogP contribution in [0.1, 0.15) is 39.5 Å². The number of hydrogen-bond acceptors (Lipinski definition) is 5. The largest absolute Gasteiger partial charge is 0.352 e. The van der Waals surface area contributed by atoms with E-state index in [4.69, 9.17) is 10.3 Å². The molecule has 8 heteroatoms. The number of nitrogens with two attached hydrogens (primary N) is 1. The average molecular weight is 324 g/mol. The highest BCUT2D eigenvalue weighted by molar-refractivity contribution is 7.80. The van der Waals surface area contributed by atoms with E-state index in [0.29, 0.717) is 18.6 Å². The van der Waals surface area contributed by atoms with E-state index in [1.807, 2.05) is 0 Å².